The van der Waals surface area contributed by atoms with Crippen molar-refractivity contribution in [1.29, 1.82) is 0 Å². The predicted molar refractivity (Wildman–Crippen MR) is 57.1 cm³/mol. The fourth-order valence-corrected chi connectivity index (χ4v) is 1.85. The summed E-state index contributed by atoms with van der Waals surface area (Å²) in [7, 11) is -3.79. The molecular weight excluding hydrogens is 237 g/mol. The van der Waals surface area contributed by atoms with Gasteiger partial charge in [0.25, 0.3) is 0 Å². The van der Waals surface area contributed by atoms with E-state index in [2.05, 4.69) is 6.92 Å². The molecule has 0 aromatic heterocycles. The zero-order valence-corrected chi connectivity index (χ0v) is 11.0. The van der Waals surface area contributed by atoms with Gasteiger partial charge in [-0.1, -0.05) is 32.6 Å². The molecule has 0 aliphatic heterocycles. The third-order valence-corrected chi connectivity index (χ3v) is 2.86. The predicted octanol–water partition coefficient (Wildman–Crippen LogP) is -1.95. The van der Waals surface area contributed by atoms with Crippen molar-refractivity contribution in [2.24, 2.45) is 0 Å². The lowest BCUT2D eigenvalue weighted by Crippen LogP contribution is -3.00. The maximum absolute atomic E-state index is 10.5. The summed E-state index contributed by atoms with van der Waals surface area (Å²) in [5.74, 6) is 0. The molecule has 4 N–H and O–H groups in total. The molecule has 0 fully saturated rings. The SMILES string of the molecule is CCCCCCCC[NH2+]CP(=O)(O)O.[Cl-]. The minimum absolute atomic E-state index is 0. The maximum Gasteiger partial charge on any atom is 0.379 e. The lowest BCUT2D eigenvalue weighted by molar-refractivity contribution is -0.640. The van der Waals surface area contributed by atoms with Gasteiger partial charge in [-0.2, -0.15) is 0 Å². The van der Waals surface area contributed by atoms with Gasteiger partial charge >= 0.3 is 7.60 Å². The van der Waals surface area contributed by atoms with Crippen LogP contribution in [0, 0.1) is 0 Å². The molecule has 15 heavy (non-hydrogen) atoms. The molecule has 0 aromatic rings. The van der Waals surface area contributed by atoms with Crippen molar-refractivity contribution in [2.45, 2.75) is 45.4 Å². The Morgan fingerprint density at radius 2 is 1.60 bits per heavy atom. The van der Waals surface area contributed by atoms with Crippen LogP contribution in [-0.4, -0.2) is 22.6 Å². The van der Waals surface area contributed by atoms with Crippen molar-refractivity contribution in [3.8, 4) is 0 Å². The van der Waals surface area contributed by atoms with E-state index < -0.39 is 7.60 Å². The van der Waals surface area contributed by atoms with E-state index in [4.69, 9.17) is 9.79 Å². The van der Waals surface area contributed by atoms with E-state index in [1.165, 1.54) is 32.1 Å². The van der Waals surface area contributed by atoms with Gasteiger partial charge in [-0.15, -0.1) is 0 Å². The molecule has 0 amide bonds. The highest BCUT2D eigenvalue weighted by molar-refractivity contribution is 7.51. The van der Waals surface area contributed by atoms with Gasteiger partial charge in [0, 0.05) is 0 Å². The number of nitrogens with two attached hydrogens (primary N) is 1. The molecule has 0 radical (unpaired) electrons. The first-order chi connectivity index (χ1) is 6.56. The first-order valence-electron chi connectivity index (χ1n) is 5.42. The number of halogens is 1. The molecule has 0 atom stereocenters. The molecule has 0 aromatic carbocycles. The van der Waals surface area contributed by atoms with Crippen molar-refractivity contribution in [3.05, 3.63) is 0 Å². The normalized spacial score (nSPS) is 11.1. The van der Waals surface area contributed by atoms with E-state index in [0.717, 1.165) is 13.0 Å². The number of hydrogen-bond donors (Lipinski definition) is 3. The van der Waals surface area contributed by atoms with Crippen LogP contribution in [0.2, 0.25) is 0 Å². The van der Waals surface area contributed by atoms with Gasteiger partial charge in [-0.05, 0) is 12.8 Å². The molecule has 4 nitrogen and oxygen atoms in total. The molecular formula is C9H23ClNO3P. The first-order valence-corrected chi connectivity index (χ1v) is 7.22. The Bertz CT molecular complexity index is 175. The molecule has 0 rings (SSSR count). The van der Waals surface area contributed by atoms with Crippen molar-refractivity contribution >= 4 is 7.60 Å². The fourth-order valence-electron chi connectivity index (χ4n) is 1.33. The third-order valence-electron chi connectivity index (χ3n) is 2.13. The standard InChI is InChI=1S/C9H22NO3P.ClH/c1-2-3-4-5-6-7-8-10-9-14(11,12)13;/h10H,2-9H2,1H3,(H2,11,12,13);1H. The Kier molecular flexibility index (Phi) is 12.9. The van der Waals surface area contributed by atoms with Gasteiger partial charge in [0.15, 0.2) is 6.29 Å². The second kappa shape index (κ2) is 10.9. The maximum atomic E-state index is 10.5. The summed E-state index contributed by atoms with van der Waals surface area (Å²) in [5.41, 5.74) is 0. The van der Waals surface area contributed by atoms with Gasteiger partial charge in [0.05, 0.1) is 6.54 Å². The van der Waals surface area contributed by atoms with Crippen LogP contribution in [0.5, 0.6) is 0 Å². The highest BCUT2D eigenvalue weighted by atomic mass is 35.5. The zero-order valence-electron chi connectivity index (χ0n) is 9.36. The Labute approximate surface area is 98.4 Å². The lowest BCUT2D eigenvalue weighted by atomic mass is 10.1. The number of quaternary nitrogens is 1. The highest BCUT2D eigenvalue weighted by Gasteiger charge is 2.13. The molecule has 0 spiro atoms. The van der Waals surface area contributed by atoms with E-state index in [0.29, 0.717) is 0 Å². The van der Waals surface area contributed by atoms with Crippen molar-refractivity contribution in [1.82, 2.24) is 0 Å². The number of rotatable bonds is 9. The molecule has 94 valence electrons. The van der Waals surface area contributed by atoms with Crippen LogP contribution in [0.3, 0.4) is 0 Å². The summed E-state index contributed by atoms with van der Waals surface area (Å²) >= 11 is 0. The number of unbranched alkanes of at least 4 members (excludes halogenated alkanes) is 5. The van der Waals surface area contributed by atoms with Crippen LogP contribution in [0.25, 0.3) is 0 Å². The summed E-state index contributed by atoms with van der Waals surface area (Å²) in [6, 6.07) is 0. The molecule has 0 aliphatic rings. The van der Waals surface area contributed by atoms with Crippen molar-refractivity contribution < 1.29 is 32.1 Å². The van der Waals surface area contributed by atoms with Crippen molar-refractivity contribution in [2.75, 3.05) is 12.8 Å². The third kappa shape index (κ3) is 17.0. The first kappa shape index (κ1) is 17.8. The van der Waals surface area contributed by atoms with Gasteiger partial charge in [0.2, 0.25) is 0 Å². The van der Waals surface area contributed by atoms with Crippen LogP contribution in [0.4, 0.5) is 0 Å². The Hall–Kier alpha value is 0.400. The molecule has 0 bridgehead atoms. The average Bonchev–Trinajstić information content (AvgIpc) is 2.08. The quantitative estimate of drug-likeness (QED) is 0.333. The Morgan fingerprint density at radius 1 is 1.07 bits per heavy atom. The summed E-state index contributed by atoms with van der Waals surface area (Å²) in [6.45, 7) is 3.02. The minimum Gasteiger partial charge on any atom is -1.00 e. The molecule has 6 heteroatoms. The zero-order chi connectivity index (χ0) is 10.9. The van der Waals surface area contributed by atoms with Crippen LogP contribution in [-0.2, 0) is 4.57 Å². The lowest BCUT2D eigenvalue weighted by Gasteiger charge is -2.03. The number of hydrogen-bond acceptors (Lipinski definition) is 1. The van der Waals surface area contributed by atoms with E-state index in [-0.39, 0.29) is 18.7 Å². The second-order valence-electron chi connectivity index (χ2n) is 3.69. The Balaban J connectivity index is 0. The van der Waals surface area contributed by atoms with Crippen LogP contribution in [0.1, 0.15) is 45.4 Å². The van der Waals surface area contributed by atoms with E-state index in [1.807, 2.05) is 0 Å². The largest absolute Gasteiger partial charge is 1.00 e. The molecule has 0 saturated heterocycles. The van der Waals surface area contributed by atoms with E-state index in [9.17, 15) is 4.57 Å². The summed E-state index contributed by atoms with van der Waals surface area (Å²) in [6.07, 6.45) is 7.26. The van der Waals surface area contributed by atoms with Gasteiger partial charge in [0.1, 0.15) is 0 Å². The monoisotopic (exact) mass is 259 g/mol. The van der Waals surface area contributed by atoms with Gasteiger partial charge in [-0.3, -0.25) is 4.57 Å². The smallest absolute Gasteiger partial charge is 0.379 e. The van der Waals surface area contributed by atoms with E-state index in [1.54, 1.807) is 5.32 Å². The molecule has 0 saturated carbocycles. The average molecular weight is 260 g/mol. The van der Waals surface area contributed by atoms with Gasteiger partial charge in [-0.25, -0.2) is 0 Å². The summed E-state index contributed by atoms with van der Waals surface area (Å²) < 4.78 is 10.5. The molecule has 0 heterocycles. The van der Waals surface area contributed by atoms with Crippen LogP contribution < -0.4 is 17.7 Å². The Morgan fingerprint density at radius 3 is 2.13 bits per heavy atom. The topological polar surface area (TPSA) is 74.1 Å². The van der Waals surface area contributed by atoms with E-state index >= 15 is 0 Å². The second-order valence-corrected chi connectivity index (χ2v) is 5.39. The minimum atomic E-state index is -3.79. The van der Waals surface area contributed by atoms with Crippen LogP contribution in [0.15, 0.2) is 0 Å². The summed E-state index contributed by atoms with van der Waals surface area (Å²) in [4.78, 5) is 17.1. The van der Waals surface area contributed by atoms with Gasteiger partial charge < -0.3 is 27.5 Å². The van der Waals surface area contributed by atoms with Crippen molar-refractivity contribution in [3.63, 3.8) is 0 Å². The fraction of sp³-hybridized carbons (Fsp3) is 1.00. The summed E-state index contributed by atoms with van der Waals surface area (Å²) in [5, 5.41) is 1.71. The molecule has 0 unspecified atom stereocenters. The van der Waals surface area contributed by atoms with Crippen LogP contribution >= 0.6 is 7.60 Å². The molecule has 0 aliphatic carbocycles. The highest BCUT2D eigenvalue weighted by Crippen LogP contribution is 2.29.